The fourth-order valence-electron chi connectivity index (χ4n) is 2.72. The third-order valence-electron chi connectivity index (χ3n) is 3.81. The first kappa shape index (κ1) is 16.5. The molecule has 0 atom stereocenters. The minimum absolute atomic E-state index is 0.630. The van der Waals surface area contributed by atoms with Crippen LogP contribution in [0.15, 0.2) is 66.7 Å². The summed E-state index contributed by atoms with van der Waals surface area (Å²) in [5, 5.41) is 5.56. The van der Waals surface area contributed by atoms with Crippen LogP contribution in [-0.2, 0) is 0 Å². The van der Waals surface area contributed by atoms with Crippen LogP contribution < -0.4 is 15.9 Å². The third-order valence-corrected chi connectivity index (χ3v) is 7.07. The lowest BCUT2D eigenvalue weighted by Crippen LogP contribution is -2.24. The van der Waals surface area contributed by atoms with E-state index in [2.05, 4.69) is 56.3 Å². The van der Waals surface area contributed by atoms with Gasteiger partial charge in [-0.25, -0.2) is 0 Å². The highest BCUT2D eigenvalue weighted by Crippen LogP contribution is 2.36. The highest BCUT2D eigenvalue weighted by atomic mass is 35.5. The molecule has 0 aliphatic rings. The summed E-state index contributed by atoms with van der Waals surface area (Å²) >= 11 is 12.3. The van der Waals surface area contributed by atoms with Crippen molar-refractivity contribution in [2.24, 2.45) is 0 Å². The molecule has 23 heavy (non-hydrogen) atoms. The smallest absolute Gasteiger partial charge is 0.0409 e. The van der Waals surface area contributed by atoms with Crippen LogP contribution in [0.3, 0.4) is 0 Å². The molecule has 3 heteroatoms. The Hall–Kier alpha value is -1.33. The van der Waals surface area contributed by atoms with Gasteiger partial charge in [0.1, 0.15) is 0 Å². The maximum atomic E-state index is 6.16. The Balaban J connectivity index is 2.22. The molecule has 0 aromatic heterocycles. The minimum Gasteiger partial charge on any atom is -0.0843 e. The summed E-state index contributed by atoms with van der Waals surface area (Å²) in [7, 11) is -0.630. The summed E-state index contributed by atoms with van der Waals surface area (Å²) in [6, 6.07) is 23.0. The van der Waals surface area contributed by atoms with Crippen molar-refractivity contribution in [1.82, 2.24) is 0 Å². The van der Waals surface area contributed by atoms with Gasteiger partial charge in [0, 0.05) is 10.0 Å². The van der Waals surface area contributed by atoms with Crippen LogP contribution in [0.25, 0.3) is 0 Å². The topological polar surface area (TPSA) is 0 Å². The molecular weight excluding hydrogens is 342 g/mol. The monoisotopic (exact) mass is 358 g/mol. The number of halogens is 2. The Morgan fingerprint density at radius 3 is 1.57 bits per heavy atom. The first-order chi connectivity index (χ1) is 11.1. The fourth-order valence-corrected chi connectivity index (χ4v) is 5.75. The molecule has 0 aliphatic carbocycles. The molecule has 116 valence electrons. The molecule has 0 N–H and O–H groups in total. The Bertz CT molecular complexity index is 777. The minimum atomic E-state index is -0.630. The largest absolute Gasteiger partial charge is 0.0843 e. The standard InChI is InChI=1S/C20H17Cl2P/c1-14-12-16(21)8-10-19(14)23(18-6-4-3-5-7-18)20-11-9-17(22)13-15(20)2/h3-13H,1-2H3. The van der Waals surface area contributed by atoms with Crippen molar-refractivity contribution < 1.29 is 0 Å². The van der Waals surface area contributed by atoms with Gasteiger partial charge >= 0.3 is 0 Å². The van der Waals surface area contributed by atoms with Gasteiger partial charge in [-0.1, -0.05) is 65.7 Å². The second-order valence-electron chi connectivity index (χ2n) is 5.53. The predicted octanol–water partition coefficient (Wildman–Crippen LogP) is 5.37. The second-order valence-corrected chi connectivity index (χ2v) is 8.56. The quantitative estimate of drug-likeness (QED) is 0.552. The molecular formula is C20H17Cl2P. The van der Waals surface area contributed by atoms with Crippen molar-refractivity contribution in [3.63, 3.8) is 0 Å². The number of hydrogen-bond acceptors (Lipinski definition) is 0. The lowest BCUT2D eigenvalue weighted by atomic mass is 10.2. The van der Waals surface area contributed by atoms with Crippen LogP contribution in [0.2, 0.25) is 10.0 Å². The van der Waals surface area contributed by atoms with E-state index in [-0.39, 0.29) is 0 Å². The van der Waals surface area contributed by atoms with E-state index < -0.39 is 7.92 Å². The van der Waals surface area contributed by atoms with Gasteiger partial charge in [-0.15, -0.1) is 0 Å². The SMILES string of the molecule is Cc1cc(Cl)ccc1P(c1ccccc1)c1ccc(Cl)cc1C. The van der Waals surface area contributed by atoms with Crippen molar-refractivity contribution >= 4 is 47.0 Å². The van der Waals surface area contributed by atoms with Crippen molar-refractivity contribution in [1.29, 1.82) is 0 Å². The molecule has 0 nitrogen and oxygen atoms in total. The highest BCUT2D eigenvalue weighted by Gasteiger charge is 2.20. The molecule has 0 spiro atoms. The average molecular weight is 359 g/mol. The molecule has 0 aliphatic heterocycles. The fraction of sp³-hybridized carbons (Fsp3) is 0.100. The summed E-state index contributed by atoms with van der Waals surface area (Å²) in [4.78, 5) is 0. The Morgan fingerprint density at radius 1 is 0.652 bits per heavy atom. The number of rotatable bonds is 3. The van der Waals surface area contributed by atoms with Crippen LogP contribution in [0, 0.1) is 13.8 Å². The first-order valence-corrected chi connectivity index (χ1v) is 9.53. The van der Waals surface area contributed by atoms with Crippen LogP contribution in [-0.4, -0.2) is 0 Å². The zero-order valence-electron chi connectivity index (χ0n) is 13.1. The van der Waals surface area contributed by atoms with E-state index in [9.17, 15) is 0 Å². The first-order valence-electron chi connectivity index (χ1n) is 7.44. The number of hydrogen-bond donors (Lipinski definition) is 0. The lowest BCUT2D eigenvalue weighted by Gasteiger charge is -2.23. The van der Waals surface area contributed by atoms with Gasteiger partial charge in [0.25, 0.3) is 0 Å². The second kappa shape index (κ2) is 7.05. The molecule has 0 unspecified atom stereocenters. The van der Waals surface area contributed by atoms with Crippen molar-refractivity contribution in [2.75, 3.05) is 0 Å². The van der Waals surface area contributed by atoms with E-state index in [0.717, 1.165) is 10.0 Å². The van der Waals surface area contributed by atoms with Gasteiger partial charge in [0.15, 0.2) is 0 Å². The van der Waals surface area contributed by atoms with E-state index in [4.69, 9.17) is 23.2 Å². The van der Waals surface area contributed by atoms with E-state index in [0.29, 0.717) is 0 Å². The van der Waals surface area contributed by atoms with Gasteiger partial charge in [-0.05, 0) is 73.1 Å². The molecule has 0 bridgehead atoms. The molecule has 0 saturated heterocycles. The molecule has 0 amide bonds. The molecule has 0 radical (unpaired) electrons. The van der Waals surface area contributed by atoms with Gasteiger partial charge in [-0.3, -0.25) is 0 Å². The Morgan fingerprint density at radius 2 is 1.13 bits per heavy atom. The molecule has 0 saturated carbocycles. The third kappa shape index (κ3) is 3.61. The lowest BCUT2D eigenvalue weighted by molar-refractivity contribution is 1.50. The predicted molar refractivity (Wildman–Crippen MR) is 105 cm³/mol. The molecule has 3 aromatic carbocycles. The van der Waals surface area contributed by atoms with Crippen molar-refractivity contribution in [3.05, 3.63) is 87.9 Å². The van der Waals surface area contributed by atoms with E-state index in [1.54, 1.807) is 0 Å². The normalized spacial score (nSPS) is 11.0. The Labute approximate surface area is 148 Å². The number of benzene rings is 3. The summed E-state index contributed by atoms with van der Waals surface area (Å²) in [6.45, 7) is 4.26. The highest BCUT2D eigenvalue weighted by molar-refractivity contribution is 7.80. The zero-order chi connectivity index (χ0) is 16.4. The summed E-state index contributed by atoms with van der Waals surface area (Å²) in [6.07, 6.45) is 0. The Kier molecular flexibility index (Phi) is 5.07. The summed E-state index contributed by atoms with van der Waals surface area (Å²) in [5.41, 5.74) is 2.45. The zero-order valence-corrected chi connectivity index (χ0v) is 15.5. The summed E-state index contributed by atoms with van der Waals surface area (Å²) < 4.78 is 0. The van der Waals surface area contributed by atoms with Gasteiger partial charge in [-0.2, -0.15) is 0 Å². The van der Waals surface area contributed by atoms with Gasteiger partial charge < -0.3 is 0 Å². The van der Waals surface area contributed by atoms with E-state index in [1.807, 2.05) is 24.3 Å². The van der Waals surface area contributed by atoms with Crippen molar-refractivity contribution in [3.8, 4) is 0 Å². The van der Waals surface area contributed by atoms with E-state index >= 15 is 0 Å². The number of aryl methyl sites for hydroxylation is 2. The maximum Gasteiger partial charge on any atom is 0.0409 e. The van der Waals surface area contributed by atoms with E-state index in [1.165, 1.54) is 27.0 Å². The van der Waals surface area contributed by atoms with Crippen LogP contribution >= 0.6 is 31.1 Å². The van der Waals surface area contributed by atoms with Gasteiger partial charge in [0.05, 0.1) is 0 Å². The van der Waals surface area contributed by atoms with Crippen LogP contribution in [0.1, 0.15) is 11.1 Å². The summed E-state index contributed by atoms with van der Waals surface area (Å²) in [5.74, 6) is 0. The van der Waals surface area contributed by atoms with Gasteiger partial charge in [0.2, 0.25) is 0 Å². The van der Waals surface area contributed by atoms with Crippen LogP contribution in [0.5, 0.6) is 0 Å². The molecule has 0 heterocycles. The molecule has 0 fully saturated rings. The van der Waals surface area contributed by atoms with Crippen molar-refractivity contribution in [2.45, 2.75) is 13.8 Å². The maximum absolute atomic E-state index is 6.16. The molecule has 3 aromatic rings. The molecule has 3 rings (SSSR count). The van der Waals surface area contributed by atoms with Crippen LogP contribution in [0.4, 0.5) is 0 Å². The average Bonchev–Trinajstić information content (AvgIpc) is 2.52.